The molecule has 1 aliphatic carbocycles. The Hall–Kier alpha value is -3.39. The van der Waals surface area contributed by atoms with Crippen LogP contribution in [0.5, 0.6) is 0 Å². The number of aromatic nitrogens is 2. The predicted molar refractivity (Wildman–Crippen MR) is 172 cm³/mol. The zero-order valence-corrected chi connectivity index (χ0v) is 28.4. The maximum Gasteiger partial charge on any atom is 0.0163 e. The summed E-state index contributed by atoms with van der Waals surface area (Å²) in [7, 11) is 0. The molecule has 0 aliphatic heterocycles. The van der Waals surface area contributed by atoms with E-state index in [1.54, 1.807) is 6.20 Å². The summed E-state index contributed by atoms with van der Waals surface area (Å²) in [5, 5.41) is 0. The van der Waals surface area contributed by atoms with Crippen LogP contribution in [0.1, 0.15) is 77.6 Å². The number of pyridine rings is 2. The van der Waals surface area contributed by atoms with Crippen molar-refractivity contribution in [2.24, 2.45) is 0 Å². The van der Waals surface area contributed by atoms with Crippen LogP contribution >= 0.6 is 0 Å². The molecule has 0 fully saturated rings. The number of rotatable bonds is 2. The van der Waals surface area contributed by atoms with Gasteiger partial charge in [0.05, 0.1) is 0 Å². The molecule has 0 atom stereocenters. The minimum absolute atomic E-state index is 0. The van der Waals surface area contributed by atoms with Crippen molar-refractivity contribution in [1.29, 1.82) is 0 Å². The van der Waals surface area contributed by atoms with Crippen molar-refractivity contribution in [3.8, 4) is 33.6 Å². The van der Waals surface area contributed by atoms with E-state index in [0.717, 1.165) is 22.5 Å². The maximum atomic E-state index is 4.75. The Bertz CT molecular complexity index is 1620. The van der Waals surface area contributed by atoms with Gasteiger partial charge in [-0.05, 0) is 62.0 Å². The van der Waals surface area contributed by atoms with Gasteiger partial charge in [-0.25, -0.2) is 0 Å². The fourth-order valence-electron chi connectivity index (χ4n) is 5.58. The Labute approximate surface area is 266 Å². The molecule has 1 aliphatic rings. The Morgan fingerprint density at radius 1 is 0.619 bits per heavy atom. The van der Waals surface area contributed by atoms with Gasteiger partial charge in [0, 0.05) is 32.5 Å². The van der Waals surface area contributed by atoms with Crippen molar-refractivity contribution in [2.75, 3.05) is 0 Å². The summed E-state index contributed by atoms with van der Waals surface area (Å²) in [4.78, 5) is 8.97. The minimum atomic E-state index is -0.0849. The molecule has 2 aromatic heterocycles. The van der Waals surface area contributed by atoms with Gasteiger partial charge in [0.15, 0.2) is 0 Å². The fourth-order valence-corrected chi connectivity index (χ4v) is 5.58. The van der Waals surface area contributed by atoms with E-state index in [9.17, 15) is 0 Å². The first-order chi connectivity index (χ1) is 19.4. The first-order valence-corrected chi connectivity index (χ1v) is 14.4. The van der Waals surface area contributed by atoms with E-state index in [0.29, 0.717) is 0 Å². The van der Waals surface area contributed by atoms with E-state index in [2.05, 4.69) is 115 Å². The average Bonchev–Trinajstić information content (AvgIpc) is 3.20. The maximum absolute atomic E-state index is 4.75. The summed E-state index contributed by atoms with van der Waals surface area (Å²) in [5.74, 6) is 0. The molecule has 2 nitrogen and oxygen atoms in total. The molecule has 0 bridgehead atoms. The molecule has 6 rings (SSSR count). The van der Waals surface area contributed by atoms with Crippen LogP contribution in [-0.2, 0) is 36.4 Å². The van der Waals surface area contributed by atoms with Gasteiger partial charge in [0.1, 0.15) is 0 Å². The summed E-state index contributed by atoms with van der Waals surface area (Å²) in [5.41, 5.74) is 12.4. The largest absolute Gasteiger partial charge is 0.305 e. The molecule has 0 unspecified atom stereocenters. The van der Waals surface area contributed by atoms with Crippen LogP contribution < -0.4 is 0 Å². The van der Waals surface area contributed by atoms with Crippen molar-refractivity contribution in [2.45, 2.75) is 71.6 Å². The molecule has 1 radical (unpaired) electrons. The van der Waals surface area contributed by atoms with E-state index in [1.165, 1.54) is 33.4 Å². The van der Waals surface area contributed by atoms with E-state index >= 15 is 0 Å². The molecule has 3 heteroatoms. The molecule has 0 spiro atoms. The molecule has 0 N–H and O–H groups in total. The average molecular weight is 729 g/mol. The minimum Gasteiger partial charge on any atom is -0.305 e. The normalized spacial score (nSPS) is 13.2. The number of hydrogen-bond acceptors (Lipinski definition) is 2. The molecule has 3 aromatic carbocycles. The number of fused-ring (bicyclic) bond motifs is 3. The van der Waals surface area contributed by atoms with E-state index in [1.807, 2.05) is 48.7 Å². The topological polar surface area (TPSA) is 25.8 Å². The SMILES string of the molecule is CC(C)(C)c1ccnc(-c2[c-]ccc3c2C(C)(C)c2cc(C(C)(C)C)ccc2-3)c1.[Ir].[c-]1ccccc1-c1ccccn1. The van der Waals surface area contributed by atoms with Crippen molar-refractivity contribution in [3.05, 3.63) is 132 Å². The Balaban J connectivity index is 0.000000261. The fraction of sp³-hybridized carbons (Fsp3) is 0.282. The van der Waals surface area contributed by atoms with E-state index in [4.69, 9.17) is 4.98 Å². The summed E-state index contributed by atoms with van der Waals surface area (Å²) >= 11 is 0. The Morgan fingerprint density at radius 2 is 1.31 bits per heavy atom. The third kappa shape index (κ3) is 6.33. The van der Waals surface area contributed by atoms with Crippen molar-refractivity contribution >= 4 is 0 Å². The van der Waals surface area contributed by atoms with Crippen LogP contribution in [0.2, 0.25) is 0 Å². The molecule has 0 saturated heterocycles. The van der Waals surface area contributed by atoms with Gasteiger partial charge < -0.3 is 9.97 Å². The van der Waals surface area contributed by atoms with Gasteiger partial charge in [-0.1, -0.05) is 97.4 Å². The zero-order valence-electron chi connectivity index (χ0n) is 26.0. The third-order valence-electron chi connectivity index (χ3n) is 8.00. The molecular formula is C39H40IrN2-2. The quantitative estimate of drug-likeness (QED) is 0.169. The van der Waals surface area contributed by atoms with Crippen LogP contribution in [-0.4, -0.2) is 9.97 Å². The number of benzene rings is 3. The van der Waals surface area contributed by atoms with Crippen molar-refractivity contribution in [3.63, 3.8) is 0 Å². The number of hydrogen-bond donors (Lipinski definition) is 0. The molecule has 217 valence electrons. The van der Waals surface area contributed by atoms with Crippen LogP contribution in [0.15, 0.2) is 97.3 Å². The summed E-state index contributed by atoms with van der Waals surface area (Å²) in [6, 6.07) is 36.0. The smallest absolute Gasteiger partial charge is 0.0163 e. The van der Waals surface area contributed by atoms with Crippen molar-refractivity contribution in [1.82, 2.24) is 9.97 Å². The van der Waals surface area contributed by atoms with Gasteiger partial charge in [0.2, 0.25) is 0 Å². The molecule has 0 amide bonds. The monoisotopic (exact) mass is 729 g/mol. The third-order valence-corrected chi connectivity index (χ3v) is 8.00. The molecule has 5 aromatic rings. The van der Waals surface area contributed by atoms with Crippen LogP contribution in [0, 0.1) is 12.1 Å². The van der Waals surface area contributed by atoms with E-state index < -0.39 is 0 Å². The van der Waals surface area contributed by atoms with Gasteiger partial charge in [-0.15, -0.1) is 65.2 Å². The van der Waals surface area contributed by atoms with Gasteiger partial charge in [-0.3, -0.25) is 0 Å². The summed E-state index contributed by atoms with van der Waals surface area (Å²) in [6.07, 6.45) is 3.73. The molecular weight excluding hydrogens is 689 g/mol. The van der Waals surface area contributed by atoms with Crippen molar-refractivity contribution < 1.29 is 20.1 Å². The number of nitrogens with zero attached hydrogens (tertiary/aromatic N) is 2. The first kappa shape index (κ1) is 31.5. The Kier molecular flexibility index (Phi) is 9.07. The standard InChI is InChI=1S/C28H32N.C11H8N.Ir/c1-26(2,3)18-12-13-20-21-10-9-11-22(25(21)28(7,8)23(20)16-18)24-17-19(14-15-29-24)27(4,5)6;1-2-6-10(7-3-1)11-8-4-5-9-12-11;/h9-10,12-17H,1-8H3;1-6,8-9H;/q2*-1;. The van der Waals surface area contributed by atoms with Crippen LogP contribution in [0.3, 0.4) is 0 Å². The second-order valence-electron chi connectivity index (χ2n) is 13.4. The zero-order chi connectivity index (χ0) is 29.4. The van der Waals surface area contributed by atoms with Crippen LogP contribution in [0.25, 0.3) is 33.6 Å². The summed E-state index contributed by atoms with van der Waals surface area (Å²) in [6.45, 7) is 18.3. The van der Waals surface area contributed by atoms with Gasteiger partial charge in [0.25, 0.3) is 0 Å². The first-order valence-electron chi connectivity index (χ1n) is 14.4. The second-order valence-corrected chi connectivity index (χ2v) is 13.4. The molecule has 42 heavy (non-hydrogen) atoms. The van der Waals surface area contributed by atoms with Crippen LogP contribution in [0.4, 0.5) is 0 Å². The molecule has 2 heterocycles. The van der Waals surface area contributed by atoms with Gasteiger partial charge >= 0.3 is 0 Å². The summed E-state index contributed by atoms with van der Waals surface area (Å²) < 4.78 is 0. The second kappa shape index (κ2) is 12.1. The molecule has 0 saturated carbocycles. The van der Waals surface area contributed by atoms with E-state index in [-0.39, 0.29) is 36.4 Å². The Morgan fingerprint density at radius 3 is 1.95 bits per heavy atom. The predicted octanol–water partition coefficient (Wildman–Crippen LogP) is 10.00. The van der Waals surface area contributed by atoms with Gasteiger partial charge in [-0.2, -0.15) is 0 Å².